The fraction of sp³-hybridized carbons (Fsp3) is 0.596. The topological polar surface area (TPSA) is 169 Å². The lowest BCUT2D eigenvalue weighted by Crippen LogP contribution is -2.71. The number of aliphatic hydroxyl groups excluding tert-OH is 1. The number of ether oxygens (including phenoxy) is 3. The van der Waals surface area contributed by atoms with E-state index in [1.165, 1.54) is 21.4 Å². The van der Waals surface area contributed by atoms with Crippen LogP contribution in [0.5, 0.6) is 5.75 Å². The monoisotopic (exact) mass is 920 g/mol. The molecule has 4 aliphatic heterocycles. The van der Waals surface area contributed by atoms with Gasteiger partial charge >= 0.3 is 0 Å². The molecule has 62 heavy (non-hydrogen) atoms. The summed E-state index contributed by atoms with van der Waals surface area (Å²) in [4.78, 5) is 50.8. The van der Waals surface area contributed by atoms with Crippen molar-refractivity contribution in [3.8, 4) is 5.75 Å². The van der Waals surface area contributed by atoms with Crippen LogP contribution in [0.3, 0.4) is 0 Å². The Labute approximate surface area is 373 Å². The average Bonchev–Trinajstić information content (AvgIpc) is 3.92. The number of aromatic nitrogens is 1. The molecule has 0 saturated carbocycles. The second kappa shape index (κ2) is 18.7. The average molecular weight is 922 g/mol. The number of carbonyl (C=O) groups excluding carboxylic acids is 3. The molecular formula is C47H65BrN6O8. The van der Waals surface area contributed by atoms with Gasteiger partial charge in [0.1, 0.15) is 30.5 Å². The van der Waals surface area contributed by atoms with E-state index in [2.05, 4.69) is 48.6 Å². The minimum Gasteiger partial charge on any atom is -0.491 e. The van der Waals surface area contributed by atoms with Gasteiger partial charge in [-0.2, -0.15) is 0 Å². The van der Waals surface area contributed by atoms with Crippen molar-refractivity contribution in [3.63, 3.8) is 0 Å². The Bertz CT molecular complexity index is 2140. The third kappa shape index (κ3) is 8.83. The summed E-state index contributed by atoms with van der Waals surface area (Å²) in [5, 5.41) is 29.2. The maximum atomic E-state index is 14.4. The molecule has 1 unspecified atom stereocenters. The number of carbonyl (C=O) groups is 3. The van der Waals surface area contributed by atoms with Gasteiger partial charge in [0.15, 0.2) is 0 Å². The molecule has 5 N–H and O–H groups in total. The molecule has 3 saturated heterocycles. The van der Waals surface area contributed by atoms with Crippen LogP contribution in [0.1, 0.15) is 77.5 Å². The highest BCUT2D eigenvalue weighted by atomic mass is 79.9. The molecule has 0 bridgehead atoms. The number of nitrogens with zero attached hydrogens (tertiary/aromatic N) is 3. The summed E-state index contributed by atoms with van der Waals surface area (Å²) >= 11 is 3.70. The number of hydrogen-bond acceptors (Lipinski definition) is 10. The summed E-state index contributed by atoms with van der Waals surface area (Å²) in [6, 6.07) is 13.0. The van der Waals surface area contributed by atoms with Gasteiger partial charge in [0, 0.05) is 55.6 Å². The number of nitrogens with one attached hydrogen (secondary N) is 3. The van der Waals surface area contributed by atoms with E-state index in [0.29, 0.717) is 45.1 Å². The summed E-state index contributed by atoms with van der Waals surface area (Å²) < 4.78 is 18.0. The van der Waals surface area contributed by atoms with Crippen molar-refractivity contribution >= 4 is 50.1 Å². The molecule has 338 valence electrons. The van der Waals surface area contributed by atoms with E-state index in [4.69, 9.17) is 14.2 Å². The summed E-state index contributed by atoms with van der Waals surface area (Å²) in [5.74, 6) is -3.23. The van der Waals surface area contributed by atoms with Crippen LogP contribution >= 0.6 is 15.9 Å². The molecule has 7 atom stereocenters. The zero-order valence-electron chi connectivity index (χ0n) is 37.4. The number of hydrogen-bond donors (Lipinski definition) is 5. The molecule has 2 aromatic carbocycles. The van der Waals surface area contributed by atoms with Crippen molar-refractivity contribution in [2.24, 2.45) is 17.8 Å². The number of likely N-dealkylation sites (N-methyl/N-ethyl adjacent to an activating group) is 1. The number of fused-ring (bicyclic) bond motifs is 5. The molecule has 3 aromatic rings. The molecular weight excluding hydrogens is 856 g/mol. The largest absolute Gasteiger partial charge is 0.491 e. The van der Waals surface area contributed by atoms with Crippen LogP contribution in [0.15, 0.2) is 53.1 Å². The lowest BCUT2D eigenvalue weighted by molar-refractivity contribution is -0.322. The van der Waals surface area contributed by atoms with Crippen molar-refractivity contribution < 1.29 is 38.8 Å². The summed E-state index contributed by atoms with van der Waals surface area (Å²) in [6.45, 7) is 14.2. The number of H-pyrrole nitrogens is 1. The van der Waals surface area contributed by atoms with Gasteiger partial charge in [-0.05, 0) is 101 Å². The van der Waals surface area contributed by atoms with E-state index in [0.717, 1.165) is 52.9 Å². The SMILES string of the molecule is CC(C)C[C@H]1C(=O)N2CCC[C@H]2[C@]2(O)O[C@](NC(=O)[C@@H]3C=C4c5cccc6[nH]c(Br)c(c56)C[C@H]4N(C)C3)(C(C)C)C(=O)N12.COCCc1ccc(OCC(O)CNC(C)C)cc1. The standard InChI is InChI=1S/C32H40BrN5O5.C15H25NO3/c1-16(2)12-24-29(40)37-11-7-10-25(37)32(42)38(24)30(41)31(43-32,17(3)4)35-28(39)18-13-20-19-8-6-9-22-26(19)21(27(33)34-22)14-23(20)36(5)15-18;1-12(2)16-10-14(17)11-19-15-6-4-13(5-7-15)8-9-18-3/h6,8-9,13,16-18,23-25,34,42H,7,10-12,14-15H2,1-5H3,(H,35,39);4-7,12,14,16-17H,8-11H2,1-3H3/t18-,23-,24+,25+,31-,32+;/m1./s1. The normalized spacial score (nSPS) is 27.3. The molecule has 15 heteroatoms. The number of methoxy groups -OCH3 is 1. The maximum Gasteiger partial charge on any atom is 0.281 e. The molecule has 0 spiro atoms. The highest BCUT2D eigenvalue weighted by Gasteiger charge is 2.72. The van der Waals surface area contributed by atoms with Crippen molar-refractivity contribution in [2.45, 2.75) is 116 Å². The van der Waals surface area contributed by atoms with E-state index in [9.17, 15) is 24.6 Å². The summed E-state index contributed by atoms with van der Waals surface area (Å²) in [6.07, 6.45) is 4.90. The Hall–Kier alpha value is -3.83. The van der Waals surface area contributed by atoms with Crippen LogP contribution in [-0.2, 0) is 36.7 Å². The first-order valence-corrected chi connectivity index (χ1v) is 23.0. The second-order valence-corrected chi connectivity index (χ2v) is 19.4. The quantitative estimate of drug-likeness (QED) is 0.152. The first kappa shape index (κ1) is 46.2. The molecule has 1 aromatic heterocycles. The molecule has 14 nitrogen and oxygen atoms in total. The zero-order chi connectivity index (χ0) is 44.7. The van der Waals surface area contributed by atoms with Crippen LogP contribution < -0.4 is 15.4 Å². The fourth-order valence-electron chi connectivity index (χ4n) is 9.74. The maximum absolute atomic E-state index is 14.4. The lowest BCUT2D eigenvalue weighted by atomic mass is 9.79. The van der Waals surface area contributed by atoms with Crippen LogP contribution in [-0.4, -0.2) is 137 Å². The van der Waals surface area contributed by atoms with Crippen molar-refractivity contribution in [1.82, 2.24) is 30.3 Å². The van der Waals surface area contributed by atoms with Crippen LogP contribution in [0, 0.1) is 17.8 Å². The van der Waals surface area contributed by atoms with Gasteiger partial charge in [0.25, 0.3) is 11.8 Å². The van der Waals surface area contributed by atoms with Gasteiger partial charge < -0.3 is 40.2 Å². The number of amides is 3. The van der Waals surface area contributed by atoms with Gasteiger partial charge in [-0.15, -0.1) is 0 Å². The molecule has 0 radical (unpaired) electrons. The highest BCUT2D eigenvalue weighted by molar-refractivity contribution is 9.10. The minimum atomic E-state index is -2.01. The number of piperazine rings is 1. The van der Waals surface area contributed by atoms with E-state index in [1.54, 1.807) is 25.9 Å². The Morgan fingerprint density at radius 2 is 1.84 bits per heavy atom. The predicted octanol–water partition coefficient (Wildman–Crippen LogP) is 4.81. The van der Waals surface area contributed by atoms with E-state index in [1.807, 2.05) is 71.2 Å². The molecule has 8 rings (SSSR count). The molecule has 3 fully saturated rings. The molecule has 1 aliphatic carbocycles. The number of rotatable bonds is 14. The van der Waals surface area contributed by atoms with Crippen LogP contribution in [0.2, 0.25) is 0 Å². The van der Waals surface area contributed by atoms with E-state index >= 15 is 0 Å². The first-order chi connectivity index (χ1) is 29.5. The van der Waals surface area contributed by atoms with E-state index in [-0.39, 0.29) is 23.8 Å². The molecule has 5 aliphatic rings. The van der Waals surface area contributed by atoms with Gasteiger partial charge in [-0.25, -0.2) is 0 Å². The van der Waals surface area contributed by atoms with Crippen molar-refractivity contribution in [2.75, 3.05) is 47.0 Å². The van der Waals surface area contributed by atoms with Crippen molar-refractivity contribution in [1.29, 1.82) is 0 Å². The Morgan fingerprint density at radius 1 is 1.10 bits per heavy atom. The third-order valence-corrected chi connectivity index (χ3v) is 13.7. The zero-order valence-corrected chi connectivity index (χ0v) is 39.0. The van der Waals surface area contributed by atoms with Crippen LogP contribution in [0.4, 0.5) is 0 Å². The smallest absolute Gasteiger partial charge is 0.281 e. The summed E-state index contributed by atoms with van der Waals surface area (Å²) in [7, 11) is 3.73. The predicted molar refractivity (Wildman–Crippen MR) is 241 cm³/mol. The number of halogens is 1. The highest BCUT2D eigenvalue weighted by Crippen LogP contribution is 2.49. The molecule has 3 amide bonds. The Morgan fingerprint density at radius 3 is 2.52 bits per heavy atom. The van der Waals surface area contributed by atoms with Gasteiger partial charge in [0.05, 0.1) is 17.1 Å². The minimum absolute atomic E-state index is 0.104. The number of benzene rings is 2. The second-order valence-electron chi connectivity index (χ2n) is 18.6. The number of aliphatic hydroxyl groups is 2. The van der Waals surface area contributed by atoms with Gasteiger partial charge in [-0.1, -0.05) is 71.9 Å². The van der Waals surface area contributed by atoms with Gasteiger partial charge in [0.2, 0.25) is 17.5 Å². The number of aromatic amines is 1. The van der Waals surface area contributed by atoms with Gasteiger partial charge in [-0.3, -0.25) is 28.9 Å². The summed E-state index contributed by atoms with van der Waals surface area (Å²) in [5.41, 5.74) is 3.89. The lowest BCUT2D eigenvalue weighted by Gasteiger charge is -2.49. The third-order valence-electron chi connectivity index (χ3n) is 13.0. The Kier molecular flexibility index (Phi) is 13.9. The fourth-order valence-corrected chi connectivity index (χ4v) is 10.3. The van der Waals surface area contributed by atoms with Crippen LogP contribution in [0.25, 0.3) is 16.5 Å². The van der Waals surface area contributed by atoms with E-state index < -0.39 is 47.6 Å². The van der Waals surface area contributed by atoms with Crippen molar-refractivity contribution in [3.05, 3.63) is 69.8 Å². The Balaban J connectivity index is 0.000000257. The first-order valence-electron chi connectivity index (χ1n) is 22.2. The molecule has 5 heterocycles.